The topological polar surface area (TPSA) is 126 Å². The summed E-state index contributed by atoms with van der Waals surface area (Å²) in [7, 11) is 0. The number of amides is 1. The number of carbonyl (C=O) groups excluding carboxylic acids is 1. The predicted molar refractivity (Wildman–Crippen MR) is 97.1 cm³/mol. The molecule has 0 radical (unpaired) electrons. The lowest BCUT2D eigenvalue weighted by Gasteiger charge is -2.36. The first-order valence-corrected chi connectivity index (χ1v) is 8.84. The van der Waals surface area contributed by atoms with Gasteiger partial charge < -0.3 is 15.5 Å². The highest BCUT2D eigenvalue weighted by atomic mass is 19.4. The molecule has 0 aliphatic carbocycles. The highest BCUT2D eigenvalue weighted by molar-refractivity contribution is 6.02. The Morgan fingerprint density at radius 3 is 2.63 bits per heavy atom. The number of benzene rings is 1. The number of nitrogens with zero attached hydrogens (tertiary/aromatic N) is 3. The van der Waals surface area contributed by atoms with Gasteiger partial charge in [-0.3, -0.25) is 20.7 Å². The number of halogens is 5. The maximum atomic E-state index is 13.8. The molecule has 3 rings (SSSR count). The number of alkyl halides is 3. The van der Waals surface area contributed by atoms with Crippen LogP contribution in [0.25, 0.3) is 10.9 Å². The van der Waals surface area contributed by atoms with Gasteiger partial charge in [-0.05, 0) is 12.1 Å². The molecule has 1 atom stereocenters. The van der Waals surface area contributed by atoms with Crippen LogP contribution in [0.15, 0.2) is 12.1 Å². The number of H-pyrrole nitrogens is 1. The van der Waals surface area contributed by atoms with E-state index in [4.69, 9.17) is 16.6 Å². The average Bonchev–Trinajstić information content (AvgIpc) is 3.06. The minimum Gasteiger partial charge on any atom is -0.333 e. The molecule has 5 N–H and O–H groups in total. The third-order valence-electron chi connectivity index (χ3n) is 4.75. The lowest BCUT2D eigenvalue weighted by molar-refractivity contribution is -0.131. The Morgan fingerprint density at radius 2 is 2.00 bits per heavy atom. The number of nitrogens with two attached hydrogens (primary N) is 1. The minimum atomic E-state index is -4.88. The van der Waals surface area contributed by atoms with Crippen LogP contribution in [0.5, 0.6) is 0 Å². The second-order valence-electron chi connectivity index (χ2n) is 6.88. The fourth-order valence-corrected chi connectivity index (χ4v) is 3.23. The van der Waals surface area contributed by atoms with Crippen LogP contribution in [0.3, 0.4) is 0 Å². The van der Waals surface area contributed by atoms with E-state index >= 15 is 0 Å². The molecule has 0 spiro atoms. The summed E-state index contributed by atoms with van der Waals surface area (Å²) in [5.74, 6) is -4.73. The van der Waals surface area contributed by atoms with Crippen LogP contribution < -0.4 is 5.73 Å². The number of piperazine rings is 1. The Labute approximate surface area is 166 Å². The molecule has 1 aliphatic heterocycles. The zero-order valence-corrected chi connectivity index (χ0v) is 15.5. The Hall–Kier alpha value is -3.09. The number of aromatic nitrogens is 2. The van der Waals surface area contributed by atoms with E-state index in [1.165, 1.54) is 11.0 Å². The zero-order chi connectivity index (χ0) is 22.2. The molecular weight excluding hydrogens is 413 g/mol. The molecule has 8 nitrogen and oxygen atoms in total. The van der Waals surface area contributed by atoms with Crippen molar-refractivity contribution in [3.05, 3.63) is 29.5 Å². The molecular formula is C17H18F5N7O. The van der Waals surface area contributed by atoms with Gasteiger partial charge in [0.15, 0.2) is 11.6 Å². The number of amidine groups is 2. The third kappa shape index (κ3) is 4.25. The first-order chi connectivity index (χ1) is 14.0. The van der Waals surface area contributed by atoms with Crippen LogP contribution in [0.2, 0.25) is 0 Å². The second-order valence-corrected chi connectivity index (χ2v) is 6.88. The van der Waals surface area contributed by atoms with Gasteiger partial charge >= 0.3 is 6.18 Å². The number of carbonyl (C=O) groups is 1. The van der Waals surface area contributed by atoms with Gasteiger partial charge in [-0.25, -0.2) is 8.78 Å². The molecule has 1 aliphatic rings. The summed E-state index contributed by atoms with van der Waals surface area (Å²) in [5, 5.41) is 21.5. The van der Waals surface area contributed by atoms with Gasteiger partial charge in [0.2, 0.25) is 11.7 Å². The van der Waals surface area contributed by atoms with Crippen molar-refractivity contribution < 1.29 is 26.7 Å². The van der Waals surface area contributed by atoms with E-state index < -0.39 is 41.4 Å². The van der Waals surface area contributed by atoms with Gasteiger partial charge in [-0.1, -0.05) is 0 Å². The Morgan fingerprint density at radius 1 is 1.30 bits per heavy atom. The van der Waals surface area contributed by atoms with E-state index in [1.807, 2.05) is 0 Å². The van der Waals surface area contributed by atoms with Gasteiger partial charge in [-0.2, -0.15) is 18.3 Å². The lowest BCUT2D eigenvalue weighted by Crippen LogP contribution is -2.56. The second kappa shape index (κ2) is 7.97. The first kappa shape index (κ1) is 21.6. The summed E-state index contributed by atoms with van der Waals surface area (Å²) in [6.45, 7) is -0.797. The van der Waals surface area contributed by atoms with Crippen molar-refractivity contribution in [2.24, 2.45) is 5.73 Å². The van der Waals surface area contributed by atoms with Gasteiger partial charge in [0.05, 0.1) is 12.2 Å². The quantitative estimate of drug-likeness (QED) is 0.334. The minimum absolute atomic E-state index is 0.0763. The van der Waals surface area contributed by atoms with E-state index in [0.717, 1.165) is 6.07 Å². The molecule has 1 aromatic carbocycles. The number of fused-ring (bicyclic) bond motifs is 1. The van der Waals surface area contributed by atoms with Crippen LogP contribution >= 0.6 is 0 Å². The van der Waals surface area contributed by atoms with Gasteiger partial charge in [0, 0.05) is 37.4 Å². The van der Waals surface area contributed by atoms with Crippen molar-refractivity contribution in [2.75, 3.05) is 19.6 Å². The highest BCUT2D eigenvalue weighted by Gasteiger charge is 2.41. The number of rotatable bonds is 4. The molecule has 2 aromatic rings. The Kier molecular flexibility index (Phi) is 5.74. The van der Waals surface area contributed by atoms with Crippen LogP contribution in [-0.2, 0) is 11.2 Å². The fourth-order valence-electron chi connectivity index (χ4n) is 3.23. The lowest BCUT2D eigenvalue weighted by atomic mass is 10.0. The first-order valence-electron chi connectivity index (χ1n) is 8.84. The molecule has 2 heterocycles. The number of aromatic amines is 1. The fraction of sp³-hybridized carbons (Fsp3) is 0.412. The van der Waals surface area contributed by atoms with E-state index in [-0.39, 0.29) is 38.0 Å². The van der Waals surface area contributed by atoms with Crippen molar-refractivity contribution >= 4 is 28.5 Å². The average molecular weight is 431 g/mol. The van der Waals surface area contributed by atoms with Crippen LogP contribution in [-0.4, -0.2) is 69.4 Å². The van der Waals surface area contributed by atoms with Crippen molar-refractivity contribution in [2.45, 2.75) is 25.1 Å². The van der Waals surface area contributed by atoms with E-state index in [0.29, 0.717) is 16.0 Å². The monoisotopic (exact) mass is 431 g/mol. The summed E-state index contributed by atoms with van der Waals surface area (Å²) in [4.78, 5) is 14.1. The van der Waals surface area contributed by atoms with Crippen LogP contribution in [0, 0.1) is 22.5 Å². The van der Waals surface area contributed by atoms with Gasteiger partial charge in [-0.15, -0.1) is 0 Å². The van der Waals surface area contributed by atoms with E-state index in [2.05, 4.69) is 10.2 Å². The predicted octanol–water partition coefficient (Wildman–Crippen LogP) is 1.76. The SMILES string of the molecule is N=C1CN(C(=O)C[C@H](N)Cc2n[nH]c3c(F)c(F)ccc23)CCN1C(=N)C(F)(F)F. The summed E-state index contributed by atoms with van der Waals surface area (Å²) in [6, 6.07) is 1.56. The number of hydrogen-bond acceptors (Lipinski definition) is 5. The molecule has 1 aromatic heterocycles. The smallest absolute Gasteiger partial charge is 0.333 e. The van der Waals surface area contributed by atoms with Gasteiger partial charge in [0.1, 0.15) is 11.4 Å². The maximum Gasteiger partial charge on any atom is 0.449 e. The molecule has 162 valence electrons. The van der Waals surface area contributed by atoms with Crippen LogP contribution in [0.1, 0.15) is 12.1 Å². The number of nitrogens with one attached hydrogen (secondary N) is 3. The van der Waals surface area contributed by atoms with Crippen LogP contribution in [0.4, 0.5) is 22.0 Å². The van der Waals surface area contributed by atoms with Crippen molar-refractivity contribution in [3.8, 4) is 0 Å². The summed E-state index contributed by atoms with van der Waals surface area (Å²) >= 11 is 0. The highest BCUT2D eigenvalue weighted by Crippen LogP contribution is 2.23. The molecule has 1 fully saturated rings. The molecule has 0 saturated carbocycles. The van der Waals surface area contributed by atoms with Crippen molar-refractivity contribution in [3.63, 3.8) is 0 Å². The van der Waals surface area contributed by atoms with E-state index in [9.17, 15) is 26.7 Å². The number of hydrogen-bond donors (Lipinski definition) is 4. The molecule has 0 unspecified atom stereocenters. The summed E-state index contributed by atoms with van der Waals surface area (Å²) in [5.41, 5.74) is 6.22. The third-order valence-corrected chi connectivity index (χ3v) is 4.75. The van der Waals surface area contributed by atoms with E-state index in [1.54, 1.807) is 0 Å². The van der Waals surface area contributed by atoms with Crippen molar-refractivity contribution in [1.29, 1.82) is 10.8 Å². The normalized spacial score (nSPS) is 16.3. The Bertz CT molecular complexity index is 1000. The molecule has 1 amide bonds. The standard InChI is InChI=1S/C17H18F5N7O/c18-10-2-1-9-11(26-27-15(9)14(10)19)5-8(23)6-13(30)28-3-4-29(12(24)7-28)16(25)17(20,21)22/h1-2,8,24-25H,3-7,23H2,(H,26,27)/t8-/m1/s1. The zero-order valence-electron chi connectivity index (χ0n) is 15.5. The molecule has 13 heteroatoms. The largest absolute Gasteiger partial charge is 0.449 e. The van der Waals surface area contributed by atoms with Gasteiger partial charge in [0.25, 0.3) is 0 Å². The summed E-state index contributed by atoms with van der Waals surface area (Å²) < 4.78 is 65.0. The molecule has 1 saturated heterocycles. The maximum absolute atomic E-state index is 13.8. The summed E-state index contributed by atoms with van der Waals surface area (Å²) in [6.07, 6.45) is -4.98. The Balaban J connectivity index is 1.60. The molecule has 0 bridgehead atoms. The molecule has 30 heavy (non-hydrogen) atoms. The van der Waals surface area contributed by atoms with Crippen molar-refractivity contribution in [1.82, 2.24) is 20.0 Å².